The van der Waals surface area contributed by atoms with Crippen molar-refractivity contribution in [2.45, 2.75) is 18.9 Å². The van der Waals surface area contributed by atoms with Gasteiger partial charge in [0, 0.05) is 53.9 Å². The largest absolute Gasteiger partial charge is 0.338 e. The Labute approximate surface area is 161 Å². The number of carbonyl (C=O) groups excluding carboxylic acids is 1. The second-order valence-corrected chi connectivity index (χ2v) is 7.08. The van der Waals surface area contributed by atoms with Gasteiger partial charge in [0.15, 0.2) is 0 Å². The number of aromatic nitrogens is 3. The molecule has 0 saturated carbocycles. The summed E-state index contributed by atoms with van der Waals surface area (Å²) in [6.45, 7) is 1.24. The van der Waals surface area contributed by atoms with Crippen LogP contribution in [0.2, 0.25) is 5.02 Å². The van der Waals surface area contributed by atoms with E-state index in [1.165, 1.54) is 0 Å². The lowest BCUT2D eigenvalue weighted by Gasteiger charge is -2.32. The maximum atomic E-state index is 12.6. The molecule has 0 aliphatic carbocycles. The van der Waals surface area contributed by atoms with Crippen molar-refractivity contribution in [3.63, 3.8) is 0 Å². The van der Waals surface area contributed by atoms with Gasteiger partial charge in [-0.15, -0.1) is 0 Å². The maximum absolute atomic E-state index is 12.6. The summed E-state index contributed by atoms with van der Waals surface area (Å²) >= 11 is 5.89. The molecule has 1 aliphatic rings. The molecule has 0 spiro atoms. The van der Waals surface area contributed by atoms with Gasteiger partial charge in [0.1, 0.15) is 0 Å². The zero-order valence-electron chi connectivity index (χ0n) is 14.6. The molecular weight excluding hydrogens is 364 g/mol. The summed E-state index contributed by atoms with van der Waals surface area (Å²) in [5.41, 5.74) is 2.22. The predicted molar refractivity (Wildman–Crippen MR) is 104 cm³/mol. The molecule has 0 atom stereocenters. The summed E-state index contributed by atoms with van der Waals surface area (Å²) in [6, 6.07) is 10.7. The van der Waals surface area contributed by atoms with Gasteiger partial charge in [0.25, 0.3) is 5.91 Å². The Balaban J connectivity index is 1.45. The molecule has 1 aromatic carbocycles. The third-order valence-electron chi connectivity index (χ3n) is 4.97. The van der Waals surface area contributed by atoms with E-state index in [2.05, 4.69) is 9.97 Å². The highest BCUT2D eigenvalue weighted by Crippen LogP contribution is 2.24. The second kappa shape index (κ2) is 7.40. The molecule has 0 unspecified atom stereocenters. The molecule has 0 radical (unpaired) electrons. The Bertz CT molecular complexity index is 987. The molecule has 0 bridgehead atoms. The van der Waals surface area contributed by atoms with Crippen LogP contribution in [-0.4, -0.2) is 38.4 Å². The first-order chi connectivity index (χ1) is 13.1. The van der Waals surface area contributed by atoms with Crippen LogP contribution < -0.4 is 5.69 Å². The van der Waals surface area contributed by atoms with Gasteiger partial charge in [-0.1, -0.05) is 11.6 Å². The molecule has 138 valence electrons. The summed E-state index contributed by atoms with van der Waals surface area (Å²) in [6.07, 6.45) is 6.75. The van der Waals surface area contributed by atoms with Gasteiger partial charge in [0.2, 0.25) is 0 Å². The number of nitrogens with one attached hydrogen (secondary N) is 1. The summed E-state index contributed by atoms with van der Waals surface area (Å²) in [5, 5.41) is 0.613. The first-order valence-electron chi connectivity index (χ1n) is 8.88. The van der Waals surface area contributed by atoms with Crippen LogP contribution in [0.1, 0.15) is 29.2 Å². The number of rotatable bonds is 3. The van der Waals surface area contributed by atoms with Crippen molar-refractivity contribution in [2.24, 2.45) is 0 Å². The predicted octanol–water partition coefficient (Wildman–Crippen LogP) is 3.37. The molecular formula is C20H19ClN4O2. The van der Waals surface area contributed by atoms with Gasteiger partial charge < -0.3 is 9.88 Å². The van der Waals surface area contributed by atoms with Gasteiger partial charge >= 0.3 is 5.69 Å². The number of amides is 1. The number of hydrogen-bond acceptors (Lipinski definition) is 3. The van der Waals surface area contributed by atoms with E-state index in [0.717, 1.165) is 24.1 Å². The van der Waals surface area contributed by atoms with Crippen LogP contribution in [0.15, 0.2) is 59.8 Å². The number of aromatic amines is 1. The monoisotopic (exact) mass is 382 g/mol. The number of imidazole rings is 1. The molecule has 3 heterocycles. The highest BCUT2D eigenvalue weighted by Gasteiger charge is 2.25. The maximum Gasteiger partial charge on any atom is 0.326 e. The van der Waals surface area contributed by atoms with Crippen LogP contribution in [0, 0.1) is 0 Å². The average Bonchev–Trinajstić information content (AvgIpc) is 3.10. The Hall–Kier alpha value is -2.86. The first kappa shape index (κ1) is 17.5. The van der Waals surface area contributed by atoms with Gasteiger partial charge in [-0.2, -0.15) is 0 Å². The average molecular weight is 383 g/mol. The molecule has 1 amide bonds. The summed E-state index contributed by atoms with van der Waals surface area (Å²) < 4.78 is 1.75. The lowest BCUT2D eigenvalue weighted by atomic mass is 10.0. The minimum atomic E-state index is -0.121. The van der Waals surface area contributed by atoms with E-state index in [1.54, 1.807) is 41.2 Å². The van der Waals surface area contributed by atoms with Crippen LogP contribution in [0.25, 0.3) is 11.3 Å². The van der Waals surface area contributed by atoms with Crippen molar-refractivity contribution in [3.8, 4) is 11.3 Å². The van der Waals surface area contributed by atoms with Crippen molar-refractivity contribution in [3.05, 3.63) is 76.1 Å². The van der Waals surface area contributed by atoms with E-state index in [0.29, 0.717) is 23.7 Å². The van der Waals surface area contributed by atoms with Gasteiger partial charge in [0.05, 0.1) is 5.69 Å². The number of pyridine rings is 1. The lowest BCUT2D eigenvalue weighted by molar-refractivity contribution is 0.0693. The zero-order chi connectivity index (χ0) is 18.8. The normalized spacial score (nSPS) is 15.1. The quantitative estimate of drug-likeness (QED) is 0.755. The SMILES string of the molecule is O=C(c1ccc(Cl)cc1)N1CCC(n2cc(-c3ccncc3)[nH]c2=O)CC1. The van der Waals surface area contributed by atoms with E-state index < -0.39 is 0 Å². The fraction of sp³-hybridized carbons (Fsp3) is 0.250. The number of carbonyl (C=O) groups is 1. The Morgan fingerprint density at radius 2 is 1.74 bits per heavy atom. The number of nitrogens with zero attached hydrogens (tertiary/aromatic N) is 3. The smallest absolute Gasteiger partial charge is 0.326 e. The van der Waals surface area contributed by atoms with Crippen molar-refractivity contribution < 1.29 is 4.79 Å². The number of H-pyrrole nitrogens is 1. The van der Waals surface area contributed by atoms with E-state index >= 15 is 0 Å². The molecule has 3 aromatic rings. The van der Waals surface area contributed by atoms with Crippen molar-refractivity contribution in [1.29, 1.82) is 0 Å². The molecule has 1 fully saturated rings. The molecule has 2 aromatic heterocycles. The molecule has 7 heteroatoms. The second-order valence-electron chi connectivity index (χ2n) is 6.65. The summed E-state index contributed by atoms with van der Waals surface area (Å²) in [7, 11) is 0. The molecule has 27 heavy (non-hydrogen) atoms. The summed E-state index contributed by atoms with van der Waals surface area (Å²) in [5.74, 6) is 0.00371. The van der Waals surface area contributed by atoms with Gasteiger partial charge in [-0.3, -0.25) is 14.3 Å². The Kier molecular flexibility index (Phi) is 4.81. The fourth-order valence-electron chi connectivity index (χ4n) is 3.48. The van der Waals surface area contributed by atoms with Crippen molar-refractivity contribution in [1.82, 2.24) is 19.4 Å². The van der Waals surface area contributed by atoms with Crippen molar-refractivity contribution >= 4 is 17.5 Å². The van der Waals surface area contributed by atoms with Crippen LogP contribution in [-0.2, 0) is 0 Å². The van der Waals surface area contributed by atoms with Gasteiger partial charge in [-0.25, -0.2) is 4.79 Å². The van der Waals surface area contributed by atoms with Crippen LogP contribution in [0.4, 0.5) is 0 Å². The minimum Gasteiger partial charge on any atom is -0.338 e. The highest BCUT2D eigenvalue weighted by molar-refractivity contribution is 6.30. The van der Waals surface area contributed by atoms with Gasteiger partial charge in [-0.05, 0) is 49.2 Å². The number of benzene rings is 1. The Morgan fingerprint density at radius 1 is 1.07 bits per heavy atom. The lowest BCUT2D eigenvalue weighted by Crippen LogP contribution is -2.40. The summed E-state index contributed by atoms with van der Waals surface area (Å²) in [4.78, 5) is 33.7. The zero-order valence-corrected chi connectivity index (χ0v) is 15.4. The van der Waals surface area contributed by atoms with E-state index in [-0.39, 0.29) is 17.6 Å². The van der Waals surface area contributed by atoms with Crippen molar-refractivity contribution in [2.75, 3.05) is 13.1 Å². The third-order valence-corrected chi connectivity index (χ3v) is 5.22. The molecule has 1 aliphatic heterocycles. The van der Waals surface area contributed by atoms with Crippen LogP contribution in [0.5, 0.6) is 0 Å². The number of hydrogen-bond donors (Lipinski definition) is 1. The highest BCUT2D eigenvalue weighted by atomic mass is 35.5. The molecule has 1 saturated heterocycles. The van der Waals surface area contributed by atoms with E-state index in [4.69, 9.17) is 11.6 Å². The number of piperidine rings is 1. The van der Waals surface area contributed by atoms with Crippen LogP contribution in [0.3, 0.4) is 0 Å². The number of likely N-dealkylation sites (tertiary alicyclic amines) is 1. The first-order valence-corrected chi connectivity index (χ1v) is 9.26. The molecule has 4 rings (SSSR count). The van der Waals surface area contributed by atoms with Crippen LogP contribution >= 0.6 is 11.6 Å². The molecule has 1 N–H and O–H groups in total. The standard InChI is InChI=1S/C20H19ClN4O2/c21-16-3-1-15(2-4-16)19(26)24-11-7-17(8-12-24)25-13-18(23-20(25)27)14-5-9-22-10-6-14/h1-6,9-10,13,17H,7-8,11-12H2,(H,23,27). The van der Waals surface area contributed by atoms with E-state index in [9.17, 15) is 9.59 Å². The topological polar surface area (TPSA) is 71.0 Å². The minimum absolute atomic E-state index is 0.00371. The van der Waals surface area contributed by atoms with E-state index in [1.807, 2.05) is 23.2 Å². The number of halogens is 1. The Morgan fingerprint density at radius 3 is 2.41 bits per heavy atom. The molecule has 6 nitrogen and oxygen atoms in total. The third kappa shape index (κ3) is 3.66. The fourth-order valence-corrected chi connectivity index (χ4v) is 3.61.